The number of halogens is 2. The van der Waals surface area contributed by atoms with Crippen LogP contribution in [0.2, 0.25) is 10.0 Å². The summed E-state index contributed by atoms with van der Waals surface area (Å²) < 4.78 is 1.53. The fourth-order valence-corrected chi connectivity index (χ4v) is 2.98. The molecule has 0 spiro atoms. The summed E-state index contributed by atoms with van der Waals surface area (Å²) in [4.78, 5) is 10.9. The second-order valence-corrected chi connectivity index (χ2v) is 6.18. The predicted octanol–water partition coefficient (Wildman–Crippen LogP) is 4.03. The van der Waals surface area contributed by atoms with Gasteiger partial charge in [-0.25, -0.2) is 0 Å². The average molecular weight is 368 g/mol. The summed E-state index contributed by atoms with van der Waals surface area (Å²) in [5.41, 5.74) is 0.663. The second-order valence-electron chi connectivity index (χ2n) is 4.32. The van der Waals surface area contributed by atoms with Crippen LogP contribution in [-0.2, 0) is 0 Å². The molecule has 1 heterocycles. The van der Waals surface area contributed by atoms with Crippen molar-refractivity contribution in [1.29, 1.82) is 0 Å². The summed E-state index contributed by atoms with van der Waals surface area (Å²) in [5, 5.41) is 23.6. The SMILES string of the molecule is O=[N+]([O-])c1ccc(Sc2nnnn2-c2ccc(Cl)cc2)c(Cl)c1. The van der Waals surface area contributed by atoms with Crippen LogP contribution in [0.3, 0.4) is 0 Å². The molecule has 0 amide bonds. The summed E-state index contributed by atoms with van der Waals surface area (Å²) in [6, 6.07) is 11.2. The van der Waals surface area contributed by atoms with Crippen LogP contribution in [0, 0.1) is 10.1 Å². The van der Waals surface area contributed by atoms with E-state index >= 15 is 0 Å². The van der Waals surface area contributed by atoms with Crippen molar-refractivity contribution in [3.63, 3.8) is 0 Å². The lowest BCUT2D eigenvalue weighted by Gasteiger charge is -2.05. The first-order chi connectivity index (χ1) is 11.0. The van der Waals surface area contributed by atoms with Gasteiger partial charge in [-0.2, -0.15) is 4.68 Å². The Labute approximate surface area is 144 Å². The number of aromatic nitrogens is 4. The fraction of sp³-hybridized carbons (Fsp3) is 0. The Morgan fingerprint density at radius 1 is 1.13 bits per heavy atom. The summed E-state index contributed by atoms with van der Waals surface area (Å²) in [5.74, 6) is 0. The van der Waals surface area contributed by atoms with Gasteiger partial charge in [-0.1, -0.05) is 23.2 Å². The Hall–Kier alpha value is -2.16. The smallest absolute Gasteiger partial charge is 0.258 e. The topological polar surface area (TPSA) is 86.7 Å². The molecule has 0 fully saturated rings. The number of benzene rings is 2. The maximum atomic E-state index is 10.7. The highest BCUT2D eigenvalue weighted by atomic mass is 35.5. The van der Waals surface area contributed by atoms with Crippen LogP contribution in [0.5, 0.6) is 0 Å². The number of tetrazole rings is 1. The maximum absolute atomic E-state index is 10.7. The molecule has 0 saturated carbocycles. The molecule has 2 aromatic carbocycles. The van der Waals surface area contributed by atoms with Crippen LogP contribution < -0.4 is 0 Å². The van der Waals surface area contributed by atoms with Crippen LogP contribution >= 0.6 is 35.0 Å². The zero-order valence-corrected chi connectivity index (χ0v) is 13.6. The van der Waals surface area contributed by atoms with Gasteiger partial charge in [0.05, 0.1) is 15.6 Å². The zero-order chi connectivity index (χ0) is 16.4. The molecule has 0 radical (unpaired) electrons. The van der Waals surface area contributed by atoms with E-state index in [1.54, 1.807) is 30.3 Å². The molecule has 0 saturated heterocycles. The average Bonchev–Trinajstić information content (AvgIpc) is 2.98. The number of hydrogen-bond acceptors (Lipinski definition) is 6. The van der Waals surface area contributed by atoms with Gasteiger partial charge in [0.15, 0.2) is 0 Å². The number of non-ortho nitro benzene ring substituents is 1. The predicted molar refractivity (Wildman–Crippen MR) is 86.4 cm³/mol. The lowest BCUT2D eigenvalue weighted by atomic mass is 10.3. The Balaban J connectivity index is 1.91. The monoisotopic (exact) mass is 367 g/mol. The molecule has 0 aliphatic heterocycles. The molecule has 3 aromatic rings. The van der Waals surface area contributed by atoms with E-state index in [-0.39, 0.29) is 10.7 Å². The molecule has 3 rings (SSSR count). The summed E-state index contributed by atoms with van der Waals surface area (Å²) in [7, 11) is 0. The van der Waals surface area contributed by atoms with Gasteiger partial charge in [0.1, 0.15) is 0 Å². The first kappa shape index (κ1) is 15.7. The molecule has 0 atom stereocenters. The minimum absolute atomic E-state index is 0.0726. The van der Waals surface area contributed by atoms with Crippen molar-refractivity contribution >= 4 is 40.7 Å². The van der Waals surface area contributed by atoms with Crippen molar-refractivity contribution in [3.8, 4) is 5.69 Å². The van der Waals surface area contributed by atoms with Crippen LogP contribution in [-0.4, -0.2) is 25.1 Å². The number of hydrogen-bond donors (Lipinski definition) is 0. The van der Waals surface area contributed by atoms with E-state index in [0.29, 0.717) is 15.1 Å². The minimum Gasteiger partial charge on any atom is -0.258 e. The van der Waals surface area contributed by atoms with Gasteiger partial charge in [-0.05, 0) is 52.5 Å². The van der Waals surface area contributed by atoms with Gasteiger partial charge in [0.25, 0.3) is 5.69 Å². The van der Waals surface area contributed by atoms with Crippen LogP contribution in [0.15, 0.2) is 52.5 Å². The van der Waals surface area contributed by atoms with E-state index in [1.165, 1.54) is 28.6 Å². The molecular formula is C13H7Cl2N5O2S. The summed E-state index contributed by atoms with van der Waals surface area (Å²) in [6.45, 7) is 0. The van der Waals surface area contributed by atoms with E-state index in [9.17, 15) is 10.1 Å². The van der Waals surface area contributed by atoms with Crippen molar-refractivity contribution in [1.82, 2.24) is 20.2 Å². The van der Waals surface area contributed by atoms with Crippen molar-refractivity contribution in [2.75, 3.05) is 0 Å². The van der Waals surface area contributed by atoms with Gasteiger partial charge in [-0.15, -0.1) is 5.10 Å². The van der Waals surface area contributed by atoms with Gasteiger partial charge in [0, 0.05) is 22.1 Å². The molecule has 0 N–H and O–H groups in total. The van der Waals surface area contributed by atoms with Crippen molar-refractivity contribution in [2.45, 2.75) is 10.1 Å². The zero-order valence-electron chi connectivity index (χ0n) is 11.3. The Morgan fingerprint density at radius 2 is 1.87 bits per heavy atom. The first-order valence-corrected chi connectivity index (χ1v) is 7.78. The molecule has 7 nitrogen and oxygen atoms in total. The quantitative estimate of drug-likeness (QED) is 0.511. The van der Waals surface area contributed by atoms with Gasteiger partial charge in [-0.3, -0.25) is 10.1 Å². The van der Waals surface area contributed by atoms with Crippen molar-refractivity contribution in [3.05, 3.63) is 62.6 Å². The molecule has 0 bridgehead atoms. The third-order valence-electron chi connectivity index (χ3n) is 2.84. The molecule has 0 aliphatic rings. The molecular weight excluding hydrogens is 361 g/mol. The first-order valence-electron chi connectivity index (χ1n) is 6.21. The standard InChI is InChI=1S/C13H7Cl2N5O2S/c14-8-1-3-9(4-2-8)19-13(16-17-18-19)23-12-6-5-10(20(21)22)7-11(12)15/h1-7H. The van der Waals surface area contributed by atoms with Crippen molar-refractivity contribution < 1.29 is 4.92 Å². The third kappa shape index (κ3) is 3.44. The second kappa shape index (κ2) is 6.53. The van der Waals surface area contributed by atoms with Crippen molar-refractivity contribution in [2.24, 2.45) is 0 Å². The molecule has 1 aromatic heterocycles. The van der Waals surface area contributed by atoms with E-state index in [1.807, 2.05) is 0 Å². The summed E-state index contributed by atoms with van der Waals surface area (Å²) >= 11 is 13.2. The number of nitrogens with zero attached hydrogens (tertiary/aromatic N) is 5. The number of rotatable bonds is 4. The Bertz CT molecular complexity index is 869. The number of nitro groups is 1. The molecule has 116 valence electrons. The Morgan fingerprint density at radius 3 is 2.52 bits per heavy atom. The minimum atomic E-state index is -0.502. The highest BCUT2D eigenvalue weighted by molar-refractivity contribution is 7.99. The molecule has 0 unspecified atom stereocenters. The molecule has 10 heteroatoms. The molecule has 0 aliphatic carbocycles. The van der Waals surface area contributed by atoms with Gasteiger partial charge in [0.2, 0.25) is 5.16 Å². The van der Waals surface area contributed by atoms with Crippen LogP contribution in [0.25, 0.3) is 5.69 Å². The normalized spacial score (nSPS) is 10.7. The largest absolute Gasteiger partial charge is 0.270 e. The Kier molecular flexibility index (Phi) is 4.46. The lowest BCUT2D eigenvalue weighted by molar-refractivity contribution is -0.384. The van der Waals surface area contributed by atoms with E-state index in [0.717, 1.165) is 5.69 Å². The highest BCUT2D eigenvalue weighted by Gasteiger charge is 2.15. The van der Waals surface area contributed by atoms with E-state index < -0.39 is 4.92 Å². The van der Waals surface area contributed by atoms with Gasteiger partial charge >= 0.3 is 0 Å². The van der Waals surface area contributed by atoms with E-state index in [4.69, 9.17) is 23.2 Å². The van der Waals surface area contributed by atoms with Crippen LogP contribution in [0.4, 0.5) is 5.69 Å². The fourth-order valence-electron chi connectivity index (χ4n) is 1.77. The summed E-state index contributed by atoms with van der Waals surface area (Å²) in [6.07, 6.45) is 0. The van der Waals surface area contributed by atoms with Crippen LogP contribution in [0.1, 0.15) is 0 Å². The highest BCUT2D eigenvalue weighted by Crippen LogP contribution is 2.34. The third-order valence-corrected chi connectivity index (χ3v) is 4.53. The lowest BCUT2D eigenvalue weighted by Crippen LogP contribution is -1.98. The van der Waals surface area contributed by atoms with Gasteiger partial charge < -0.3 is 0 Å². The maximum Gasteiger partial charge on any atom is 0.270 e. The number of nitro benzene ring substituents is 1. The van der Waals surface area contributed by atoms with E-state index in [2.05, 4.69) is 15.5 Å². The molecule has 23 heavy (non-hydrogen) atoms.